The van der Waals surface area contributed by atoms with E-state index in [0.717, 1.165) is 22.6 Å². The third kappa shape index (κ3) is 5.36. The van der Waals surface area contributed by atoms with Gasteiger partial charge in [0.2, 0.25) is 5.91 Å². The zero-order chi connectivity index (χ0) is 20.8. The number of nitrogens with one attached hydrogen (secondary N) is 1. The third-order valence-electron chi connectivity index (χ3n) is 4.15. The average Bonchev–Trinajstić information content (AvgIpc) is 3.09. The van der Waals surface area contributed by atoms with Crippen LogP contribution in [-0.4, -0.2) is 45.5 Å². The van der Waals surface area contributed by atoms with Gasteiger partial charge in [0.15, 0.2) is 11.0 Å². The monoisotopic (exact) mass is 411 g/mol. The number of hydrazine groups is 1. The Morgan fingerprint density at radius 2 is 1.76 bits per heavy atom. The normalized spacial score (nSPS) is 10.9. The van der Waals surface area contributed by atoms with Crippen LogP contribution >= 0.6 is 11.8 Å². The summed E-state index contributed by atoms with van der Waals surface area (Å²) in [6, 6.07) is 15.9. The quantitative estimate of drug-likeness (QED) is 0.454. The summed E-state index contributed by atoms with van der Waals surface area (Å²) in [6.07, 6.45) is 0. The Kier molecular flexibility index (Phi) is 6.90. The van der Waals surface area contributed by atoms with Crippen molar-refractivity contribution in [1.82, 2.24) is 25.2 Å². The Morgan fingerprint density at radius 3 is 2.41 bits per heavy atom. The first-order valence-corrected chi connectivity index (χ1v) is 10.2. The minimum atomic E-state index is -0.101. The van der Waals surface area contributed by atoms with Crippen LogP contribution < -0.4 is 10.2 Å². The predicted molar refractivity (Wildman–Crippen MR) is 114 cm³/mol. The maximum Gasteiger partial charge on any atom is 0.244 e. The first-order chi connectivity index (χ1) is 14.0. The Bertz CT molecular complexity index is 952. The van der Waals surface area contributed by atoms with Gasteiger partial charge in [-0.1, -0.05) is 48.2 Å². The summed E-state index contributed by atoms with van der Waals surface area (Å²) in [5.41, 5.74) is 5.80. The van der Waals surface area contributed by atoms with E-state index in [4.69, 9.17) is 4.74 Å². The number of hydrogen-bond acceptors (Lipinski definition) is 6. The lowest BCUT2D eigenvalue weighted by molar-refractivity contribution is -0.122. The van der Waals surface area contributed by atoms with E-state index in [2.05, 4.69) is 15.6 Å². The van der Waals surface area contributed by atoms with E-state index in [1.807, 2.05) is 66.9 Å². The molecule has 7 nitrogen and oxygen atoms in total. The van der Waals surface area contributed by atoms with E-state index in [1.165, 1.54) is 11.8 Å². The molecule has 29 heavy (non-hydrogen) atoms. The van der Waals surface area contributed by atoms with Crippen LogP contribution in [0.3, 0.4) is 0 Å². The fourth-order valence-electron chi connectivity index (χ4n) is 2.90. The average molecular weight is 412 g/mol. The number of carbonyl (C=O) groups is 1. The van der Waals surface area contributed by atoms with Gasteiger partial charge in [-0.15, -0.1) is 10.2 Å². The maximum absolute atomic E-state index is 12.0. The molecule has 1 amide bonds. The van der Waals surface area contributed by atoms with E-state index in [1.54, 1.807) is 19.1 Å². The highest BCUT2D eigenvalue weighted by Gasteiger charge is 2.17. The maximum atomic E-state index is 12.0. The van der Waals surface area contributed by atoms with Crippen LogP contribution in [0.5, 0.6) is 5.75 Å². The lowest BCUT2D eigenvalue weighted by Gasteiger charge is -2.14. The number of aromatic nitrogens is 3. The molecule has 0 saturated heterocycles. The van der Waals surface area contributed by atoms with Crippen molar-refractivity contribution in [2.75, 3.05) is 19.8 Å². The van der Waals surface area contributed by atoms with Crippen LogP contribution in [0.25, 0.3) is 5.69 Å². The van der Waals surface area contributed by atoms with Gasteiger partial charge in [0.05, 0.1) is 5.75 Å². The fourth-order valence-corrected chi connectivity index (χ4v) is 3.66. The van der Waals surface area contributed by atoms with E-state index < -0.39 is 0 Å². The molecular weight excluding hydrogens is 386 g/mol. The van der Waals surface area contributed by atoms with Gasteiger partial charge in [-0.2, -0.15) is 0 Å². The zero-order valence-corrected chi connectivity index (χ0v) is 17.9. The lowest BCUT2D eigenvalue weighted by atomic mass is 10.1. The highest BCUT2D eigenvalue weighted by Crippen LogP contribution is 2.26. The van der Waals surface area contributed by atoms with Crippen molar-refractivity contribution in [1.29, 1.82) is 0 Å². The molecule has 0 aliphatic heterocycles. The smallest absolute Gasteiger partial charge is 0.244 e. The Labute approximate surface area is 175 Å². The second kappa shape index (κ2) is 9.58. The van der Waals surface area contributed by atoms with Gasteiger partial charge >= 0.3 is 0 Å². The Hall–Kier alpha value is -2.84. The standard InChI is InChI=1S/C21H25N5O2S/c1-15-9-8-10-16(2)20(15)28-13-18-22-23-21(29-14-19(27)24-25(3)4)26(18)17-11-6-5-7-12-17/h5-12H,13-14H2,1-4H3,(H,24,27). The number of para-hydroxylation sites is 2. The van der Waals surface area contributed by atoms with Crippen molar-refractivity contribution >= 4 is 17.7 Å². The van der Waals surface area contributed by atoms with Crippen molar-refractivity contribution in [3.8, 4) is 11.4 Å². The van der Waals surface area contributed by atoms with Crippen molar-refractivity contribution in [3.05, 3.63) is 65.5 Å². The molecule has 152 valence electrons. The number of amides is 1. The Morgan fingerprint density at radius 1 is 1.07 bits per heavy atom. The zero-order valence-electron chi connectivity index (χ0n) is 17.0. The van der Waals surface area contributed by atoms with Crippen LogP contribution in [0, 0.1) is 13.8 Å². The molecular formula is C21H25N5O2S. The molecule has 0 aliphatic rings. The summed E-state index contributed by atoms with van der Waals surface area (Å²) < 4.78 is 8.02. The number of carbonyl (C=O) groups excluding carboxylic acids is 1. The third-order valence-corrected chi connectivity index (χ3v) is 5.08. The predicted octanol–water partition coefficient (Wildman–Crippen LogP) is 3.15. The van der Waals surface area contributed by atoms with Crippen molar-refractivity contribution in [2.24, 2.45) is 0 Å². The minimum Gasteiger partial charge on any atom is -0.485 e. The summed E-state index contributed by atoms with van der Waals surface area (Å²) in [5, 5.41) is 10.9. The van der Waals surface area contributed by atoms with E-state index in [-0.39, 0.29) is 18.3 Å². The largest absolute Gasteiger partial charge is 0.485 e. The van der Waals surface area contributed by atoms with Crippen LogP contribution in [0.1, 0.15) is 17.0 Å². The molecule has 2 aromatic carbocycles. The summed E-state index contributed by atoms with van der Waals surface area (Å²) in [5.74, 6) is 1.67. The molecule has 0 unspecified atom stereocenters. The van der Waals surface area contributed by atoms with Gasteiger partial charge in [0.25, 0.3) is 0 Å². The van der Waals surface area contributed by atoms with Crippen LogP contribution in [0.4, 0.5) is 0 Å². The number of nitrogens with zero attached hydrogens (tertiary/aromatic N) is 4. The molecule has 8 heteroatoms. The number of rotatable bonds is 8. The van der Waals surface area contributed by atoms with E-state index >= 15 is 0 Å². The van der Waals surface area contributed by atoms with Gasteiger partial charge in [-0.05, 0) is 37.1 Å². The molecule has 0 aliphatic carbocycles. The van der Waals surface area contributed by atoms with Gasteiger partial charge in [0, 0.05) is 19.8 Å². The van der Waals surface area contributed by atoms with E-state index in [0.29, 0.717) is 11.0 Å². The molecule has 1 aromatic heterocycles. The van der Waals surface area contributed by atoms with Crippen LogP contribution in [0.2, 0.25) is 0 Å². The topological polar surface area (TPSA) is 72.3 Å². The second-order valence-electron chi connectivity index (χ2n) is 6.80. The molecule has 3 rings (SSSR count). The highest BCUT2D eigenvalue weighted by atomic mass is 32.2. The summed E-state index contributed by atoms with van der Waals surface area (Å²) in [7, 11) is 3.55. The molecule has 0 bridgehead atoms. The highest BCUT2D eigenvalue weighted by molar-refractivity contribution is 7.99. The molecule has 0 fully saturated rings. The van der Waals surface area contributed by atoms with Crippen molar-refractivity contribution < 1.29 is 9.53 Å². The molecule has 0 spiro atoms. The number of benzene rings is 2. The summed E-state index contributed by atoms with van der Waals surface area (Å²) >= 11 is 1.34. The molecule has 1 heterocycles. The molecule has 0 radical (unpaired) electrons. The first kappa shape index (κ1) is 20.9. The molecule has 0 atom stereocenters. The van der Waals surface area contributed by atoms with Crippen molar-refractivity contribution in [3.63, 3.8) is 0 Å². The Balaban J connectivity index is 1.83. The number of ether oxygens (including phenoxy) is 1. The van der Waals surface area contributed by atoms with Crippen LogP contribution in [0.15, 0.2) is 53.7 Å². The summed E-state index contributed by atoms with van der Waals surface area (Å²) in [6.45, 7) is 4.32. The second-order valence-corrected chi connectivity index (χ2v) is 7.74. The molecule has 3 aromatic rings. The van der Waals surface area contributed by atoms with E-state index in [9.17, 15) is 4.79 Å². The van der Waals surface area contributed by atoms with Gasteiger partial charge < -0.3 is 4.74 Å². The van der Waals surface area contributed by atoms with Crippen LogP contribution in [-0.2, 0) is 11.4 Å². The van der Waals surface area contributed by atoms with Gasteiger partial charge in [0.1, 0.15) is 12.4 Å². The van der Waals surface area contributed by atoms with Gasteiger partial charge in [-0.3, -0.25) is 14.8 Å². The number of thioether (sulfide) groups is 1. The minimum absolute atomic E-state index is 0.101. The number of hydrogen-bond donors (Lipinski definition) is 1. The van der Waals surface area contributed by atoms with Crippen molar-refractivity contribution in [2.45, 2.75) is 25.6 Å². The lowest BCUT2D eigenvalue weighted by Crippen LogP contribution is -2.37. The number of aryl methyl sites for hydroxylation is 2. The summed E-state index contributed by atoms with van der Waals surface area (Å²) in [4.78, 5) is 12.0. The SMILES string of the molecule is Cc1cccc(C)c1OCc1nnc(SCC(=O)NN(C)C)n1-c1ccccc1. The molecule has 1 N–H and O–H groups in total. The molecule has 0 saturated carbocycles. The fraction of sp³-hybridized carbons (Fsp3) is 0.286. The van der Waals surface area contributed by atoms with Gasteiger partial charge in [-0.25, -0.2) is 5.01 Å². The first-order valence-electron chi connectivity index (χ1n) is 9.24.